The second kappa shape index (κ2) is 8.31. The van der Waals surface area contributed by atoms with Crippen LogP contribution in [0.5, 0.6) is 0 Å². The molecule has 2 aromatic carbocycles. The van der Waals surface area contributed by atoms with E-state index in [0.717, 1.165) is 11.3 Å². The molecule has 6 heteroatoms. The van der Waals surface area contributed by atoms with Crippen molar-refractivity contribution >= 4 is 17.6 Å². The van der Waals surface area contributed by atoms with Crippen LogP contribution in [0.1, 0.15) is 23.2 Å². The number of ether oxygens (including phenoxy) is 1. The van der Waals surface area contributed by atoms with Gasteiger partial charge in [0.15, 0.2) is 12.3 Å². The fraction of sp³-hybridized carbons (Fsp3) is 0.190. The van der Waals surface area contributed by atoms with Gasteiger partial charge in [0.25, 0.3) is 5.91 Å². The van der Waals surface area contributed by atoms with Gasteiger partial charge >= 0.3 is 5.97 Å². The first kappa shape index (κ1) is 18.4. The molecule has 0 aliphatic rings. The molecule has 6 nitrogen and oxygen atoms in total. The number of aromatic nitrogens is 1. The van der Waals surface area contributed by atoms with Crippen LogP contribution in [0.15, 0.2) is 65.1 Å². The summed E-state index contributed by atoms with van der Waals surface area (Å²) >= 11 is 0. The van der Waals surface area contributed by atoms with Crippen LogP contribution < -0.4 is 4.90 Å². The molecule has 0 fully saturated rings. The number of aryl methyl sites for hydroxylation is 1. The van der Waals surface area contributed by atoms with Crippen molar-refractivity contribution in [2.45, 2.75) is 13.8 Å². The molecule has 0 saturated heterocycles. The Hall–Kier alpha value is -3.41. The summed E-state index contributed by atoms with van der Waals surface area (Å²) in [4.78, 5) is 30.5. The highest BCUT2D eigenvalue weighted by atomic mass is 16.5. The van der Waals surface area contributed by atoms with Crippen LogP contribution in [-0.4, -0.2) is 30.0 Å². The molecule has 0 bridgehead atoms. The van der Waals surface area contributed by atoms with E-state index in [0.29, 0.717) is 18.2 Å². The van der Waals surface area contributed by atoms with Crippen LogP contribution in [0, 0.1) is 6.92 Å². The normalized spacial score (nSPS) is 10.4. The summed E-state index contributed by atoms with van der Waals surface area (Å²) in [5.74, 6) is -0.301. The van der Waals surface area contributed by atoms with E-state index in [1.807, 2.05) is 67.6 Å². The van der Waals surface area contributed by atoms with Crippen molar-refractivity contribution in [3.05, 3.63) is 72.1 Å². The number of hydrogen-bond donors (Lipinski definition) is 0. The van der Waals surface area contributed by atoms with E-state index in [2.05, 4.69) is 4.98 Å². The van der Waals surface area contributed by atoms with Crippen molar-refractivity contribution in [3.63, 3.8) is 0 Å². The summed E-state index contributed by atoms with van der Waals surface area (Å²) in [5, 5.41) is 0. The summed E-state index contributed by atoms with van der Waals surface area (Å²) in [7, 11) is 0. The molecule has 0 unspecified atom stereocenters. The average molecular weight is 364 g/mol. The summed E-state index contributed by atoms with van der Waals surface area (Å²) in [6.07, 6.45) is 0. The van der Waals surface area contributed by atoms with Crippen molar-refractivity contribution in [1.82, 2.24) is 4.98 Å². The lowest BCUT2D eigenvalue weighted by Crippen LogP contribution is -2.34. The van der Waals surface area contributed by atoms with Gasteiger partial charge in [0.2, 0.25) is 5.89 Å². The molecule has 0 saturated carbocycles. The molecule has 1 aromatic heterocycles. The molecule has 0 aliphatic carbocycles. The first-order chi connectivity index (χ1) is 13.1. The number of para-hydroxylation sites is 1. The van der Waals surface area contributed by atoms with Crippen LogP contribution in [0.25, 0.3) is 11.5 Å². The first-order valence-corrected chi connectivity index (χ1v) is 8.65. The van der Waals surface area contributed by atoms with Crippen LogP contribution in [0.2, 0.25) is 0 Å². The van der Waals surface area contributed by atoms with E-state index in [1.165, 1.54) is 0 Å². The number of hydrogen-bond acceptors (Lipinski definition) is 5. The zero-order valence-corrected chi connectivity index (χ0v) is 15.2. The Morgan fingerprint density at radius 3 is 2.30 bits per heavy atom. The smallest absolute Gasteiger partial charge is 0.361 e. The predicted molar refractivity (Wildman–Crippen MR) is 101 cm³/mol. The summed E-state index contributed by atoms with van der Waals surface area (Å²) < 4.78 is 10.7. The molecule has 0 spiro atoms. The van der Waals surface area contributed by atoms with Crippen molar-refractivity contribution < 1.29 is 18.7 Å². The molecular formula is C21H20N2O4. The lowest BCUT2D eigenvalue weighted by molar-refractivity contribution is -0.121. The maximum Gasteiger partial charge on any atom is 0.361 e. The highest BCUT2D eigenvalue weighted by Crippen LogP contribution is 2.22. The molecule has 3 aromatic rings. The molecule has 3 rings (SSSR count). The van der Waals surface area contributed by atoms with Crippen LogP contribution >= 0.6 is 0 Å². The minimum Gasteiger partial charge on any atom is -0.451 e. The van der Waals surface area contributed by atoms with Crippen molar-refractivity contribution in [3.8, 4) is 11.5 Å². The number of carbonyl (C=O) groups is 2. The minimum absolute atomic E-state index is 0.0735. The molecule has 0 aliphatic heterocycles. The van der Waals surface area contributed by atoms with Gasteiger partial charge < -0.3 is 14.1 Å². The van der Waals surface area contributed by atoms with E-state index in [4.69, 9.17) is 9.15 Å². The van der Waals surface area contributed by atoms with E-state index in [9.17, 15) is 9.59 Å². The predicted octanol–water partition coefficient (Wildman–Crippen LogP) is 3.86. The van der Waals surface area contributed by atoms with Crippen LogP contribution in [-0.2, 0) is 9.53 Å². The molecular weight excluding hydrogens is 344 g/mol. The maximum atomic E-state index is 12.4. The Balaban J connectivity index is 1.67. The average Bonchev–Trinajstić information content (AvgIpc) is 3.10. The van der Waals surface area contributed by atoms with E-state index >= 15 is 0 Å². The molecule has 1 amide bonds. The summed E-state index contributed by atoms with van der Waals surface area (Å²) in [6.45, 7) is 3.61. The highest BCUT2D eigenvalue weighted by Gasteiger charge is 2.22. The molecule has 0 N–H and O–H groups in total. The lowest BCUT2D eigenvalue weighted by Gasteiger charge is -2.20. The van der Waals surface area contributed by atoms with E-state index in [-0.39, 0.29) is 18.2 Å². The summed E-state index contributed by atoms with van der Waals surface area (Å²) in [6, 6.07) is 18.5. The number of carbonyl (C=O) groups excluding carboxylic acids is 2. The number of rotatable bonds is 6. The second-order valence-corrected chi connectivity index (χ2v) is 5.84. The minimum atomic E-state index is -0.684. The SMILES string of the molecule is CCN(C(=O)COC(=O)c1nc(-c2ccccc2)oc1C)c1ccccc1. The van der Waals surface area contributed by atoms with Crippen LogP contribution in [0.3, 0.4) is 0 Å². The zero-order chi connectivity index (χ0) is 19.2. The highest BCUT2D eigenvalue weighted by molar-refractivity contribution is 5.96. The number of oxazole rings is 1. The Kier molecular flexibility index (Phi) is 5.66. The fourth-order valence-electron chi connectivity index (χ4n) is 2.67. The van der Waals surface area contributed by atoms with Gasteiger partial charge in [0.1, 0.15) is 5.76 Å². The second-order valence-electron chi connectivity index (χ2n) is 5.84. The molecule has 138 valence electrons. The third kappa shape index (κ3) is 4.23. The van der Waals surface area contributed by atoms with Crippen molar-refractivity contribution in [2.75, 3.05) is 18.1 Å². The summed E-state index contributed by atoms with van der Waals surface area (Å²) in [5.41, 5.74) is 1.59. The van der Waals surface area contributed by atoms with Gasteiger partial charge in [-0.05, 0) is 38.1 Å². The van der Waals surface area contributed by atoms with Gasteiger partial charge in [-0.25, -0.2) is 9.78 Å². The van der Waals surface area contributed by atoms with Gasteiger partial charge in [0, 0.05) is 17.8 Å². The number of benzene rings is 2. The van der Waals surface area contributed by atoms with E-state index < -0.39 is 5.97 Å². The Morgan fingerprint density at radius 1 is 1.04 bits per heavy atom. The number of amides is 1. The van der Waals surface area contributed by atoms with Crippen LogP contribution in [0.4, 0.5) is 5.69 Å². The molecule has 27 heavy (non-hydrogen) atoms. The molecule has 0 radical (unpaired) electrons. The Morgan fingerprint density at radius 2 is 1.67 bits per heavy atom. The maximum absolute atomic E-state index is 12.4. The number of nitrogens with zero attached hydrogens (tertiary/aromatic N) is 2. The molecule has 0 atom stereocenters. The van der Waals surface area contributed by atoms with Gasteiger partial charge in [-0.1, -0.05) is 36.4 Å². The van der Waals surface area contributed by atoms with E-state index in [1.54, 1.807) is 11.8 Å². The third-order valence-electron chi connectivity index (χ3n) is 4.02. The van der Waals surface area contributed by atoms with Gasteiger partial charge in [-0.15, -0.1) is 0 Å². The zero-order valence-electron chi connectivity index (χ0n) is 15.2. The third-order valence-corrected chi connectivity index (χ3v) is 4.02. The number of likely N-dealkylation sites (N-methyl/N-ethyl adjacent to an activating group) is 1. The Bertz CT molecular complexity index is 920. The fourth-order valence-corrected chi connectivity index (χ4v) is 2.67. The van der Waals surface area contributed by atoms with Gasteiger partial charge in [-0.2, -0.15) is 0 Å². The first-order valence-electron chi connectivity index (χ1n) is 8.65. The van der Waals surface area contributed by atoms with Crippen molar-refractivity contribution in [2.24, 2.45) is 0 Å². The van der Waals surface area contributed by atoms with Crippen molar-refractivity contribution in [1.29, 1.82) is 0 Å². The quantitative estimate of drug-likeness (QED) is 0.621. The largest absolute Gasteiger partial charge is 0.451 e. The number of anilines is 1. The van der Waals surface area contributed by atoms with Gasteiger partial charge in [0.05, 0.1) is 0 Å². The standard InChI is InChI=1S/C21H20N2O4/c1-3-23(17-12-8-5-9-13-17)18(24)14-26-21(25)19-15(2)27-20(22-19)16-10-6-4-7-11-16/h4-13H,3,14H2,1-2H3. The Labute approximate surface area is 157 Å². The molecule has 1 heterocycles. The topological polar surface area (TPSA) is 72.6 Å². The monoisotopic (exact) mass is 364 g/mol. The lowest BCUT2D eigenvalue weighted by atomic mass is 10.2. The van der Waals surface area contributed by atoms with Gasteiger partial charge in [-0.3, -0.25) is 4.79 Å². The number of esters is 1.